The summed E-state index contributed by atoms with van der Waals surface area (Å²) in [5.74, 6) is -1.58. The van der Waals surface area contributed by atoms with E-state index in [2.05, 4.69) is 10.1 Å². The van der Waals surface area contributed by atoms with E-state index in [4.69, 9.17) is 5.11 Å². The van der Waals surface area contributed by atoms with Gasteiger partial charge < -0.3 is 15.2 Å². The van der Waals surface area contributed by atoms with Crippen molar-refractivity contribution in [3.63, 3.8) is 0 Å². The predicted molar refractivity (Wildman–Crippen MR) is 69.0 cm³/mol. The molecule has 0 rings (SSSR count). The minimum atomic E-state index is -1.05. The van der Waals surface area contributed by atoms with Crippen molar-refractivity contribution < 1.29 is 24.2 Å². The number of carbonyl (C=O) groups is 3. The summed E-state index contributed by atoms with van der Waals surface area (Å²) in [6.45, 7) is 3.60. The van der Waals surface area contributed by atoms with Gasteiger partial charge in [-0.2, -0.15) is 0 Å². The van der Waals surface area contributed by atoms with Crippen LogP contribution in [0.1, 0.15) is 26.7 Å². The monoisotopic (exact) mass is 357 g/mol. The van der Waals surface area contributed by atoms with Crippen LogP contribution in [0.25, 0.3) is 0 Å². The molecule has 0 aliphatic carbocycles. The molecule has 0 aliphatic heterocycles. The molecule has 1 atom stereocenters. The van der Waals surface area contributed by atoms with Gasteiger partial charge in [-0.3, -0.25) is 4.79 Å². The van der Waals surface area contributed by atoms with Crippen LogP contribution < -0.4 is 5.32 Å². The summed E-state index contributed by atoms with van der Waals surface area (Å²) in [4.78, 5) is 32.6. The van der Waals surface area contributed by atoms with E-state index in [9.17, 15) is 14.4 Å². The van der Waals surface area contributed by atoms with Gasteiger partial charge in [0.15, 0.2) is 0 Å². The van der Waals surface area contributed by atoms with Crippen molar-refractivity contribution in [1.82, 2.24) is 5.32 Å². The summed E-state index contributed by atoms with van der Waals surface area (Å²) in [5, 5.41) is 11.3. The van der Waals surface area contributed by atoms with Crippen molar-refractivity contribution in [1.29, 1.82) is 0 Å². The SMILES string of the molecule is CC(C)C(NC(=O)CCCOC(=O)I)C(=O)O. The summed E-state index contributed by atoms with van der Waals surface area (Å²) in [6, 6.07) is -0.880. The van der Waals surface area contributed by atoms with Gasteiger partial charge in [0.1, 0.15) is 6.04 Å². The highest BCUT2D eigenvalue weighted by atomic mass is 127. The maximum absolute atomic E-state index is 11.4. The number of halogens is 1. The maximum Gasteiger partial charge on any atom is 0.367 e. The van der Waals surface area contributed by atoms with Crippen molar-refractivity contribution in [3.05, 3.63) is 0 Å². The lowest BCUT2D eigenvalue weighted by Gasteiger charge is -2.17. The first-order valence-corrected chi connectivity index (χ1v) is 6.27. The normalized spacial score (nSPS) is 12.0. The zero-order valence-corrected chi connectivity index (χ0v) is 11.9. The molecule has 0 radical (unpaired) electrons. The standard InChI is InChI=1S/C10H16INO5/c1-6(2)8(9(14)15)12-7(13)4-3-5-17-10(11)16/h6,8H,3-5H2,1-2H3,(H,12,13)(H,14,15). The second-order valence-corrected chi connectivity index (χ2v) is 4.70. The minimum absolute atomic E-state index is 0.139. The van der Waals surface area contributed by atoms with Crippen molar-refractivity contribution >= 4 is 38.4 Å². The van der Waals surface area contributed by atoms with Crippen LogP contribution in [0.5, 0.6) is 0 Å². The molecular weight excluding hydrogens is 341 g/mol. The average molecular weight is 357 g/mol. The summed E-state index contributed by atoms with van der Waals surface area (Å²) < 4.78 is 4.22. The first-order chi connectivity index (χ1) is 7.84. The number of rotatable bonds is 7. The Morgan fingerprint density at radius 2 is 1.94 bits per heavy atom. The minimum Gasteiger partial charge on any atom is -0.480 e. The molecule has 0 aromatic rings. The number of carbonyl (C=O) groups excluding carboxylic acids is 2. The molecule has 0 bridgehead atoms. The predicted octanol–water partition coefficient (Wildman–Crippen LogP) is 1.56. The van der Waals surface area contributed by atoms with Crippen molar-refractivity contribution in [2.75, 3.05) is 6.61 Å². The highest BCUT2D eigenvalue weighted by Crippen LogP contribution is 2.03. The Kier molecular flexibility index (Phi) is 7.85. The highest BCUT2D eigenvalue weighted by molar-refractivity contribution is 14.1. The second kappa shape index (κ2) is 8.26. The fraction of sp³-hybridized carbons (Fsp3) is 0.700. The summed E-state index contributed by atoms with van der Waals surface area (Å²) >= 11 is 1.50. The van der Waals surface area contributed by atoms with Crippen LogP contribution >= 0.6 is 22.6 Å². The van der Waals surface area contributed by atoms with Crippen LogP contribution in [0.2, 0.25) is 0 Å². The number of carboxylic acid groups (broad SMARTS) is 1. The van der Waals surface area contributed by atoms with E-state index in [0.717, 1.165) is 0 Å². The molecule has 0 heterocycles. The Hall–Kier alpha value is -0.860. The van der Waals surface area contributed by atoms with E-state index in [-0.39, 0.29) is 24.9 Å². The lowest BCUT2D eigenvalue weighted by molar-refractivity contribution is -0.143. The van der Waals surface area contributed by atoms with E-state index in [1.54, 1.807) is 13.8 Å². The first kappa shape index (κ1) is 16.1. The molecule has 0 fully saturated rings. The third kappa shape index (κ3) is 7.94. The smallest absolute Gasteiger partial charge is 0.367 e. The van der Waals surface area contributed by atoms with Crippen LogP contribution in [-0.2, 0) is 14.3 Å². The zero-order valence-electron chi connectivity index (χ0n) is 9.73. The molecule has 0 spiro atoms. The molecule has 17 heavy (non-hydrogen) atoms. The van der Waals surface area contributed by atoms with Gasteiger partial charge in [0, 0.05) is 6.42 Å². The fourth-order valence-electron chi connectivity index (χ4n) is 1.14. The Morgan fingerprint density at radius 3 is 2.35 bits per heavy atom. The average Bonchev–Trinajstić information content (AvgIpc) is 2.19. The largest absolute Gasteiger partial charge is 0.480 e. The summed E-state index contributed by atoms with van der Waals surface area (Å²) in [5.41, 5.74) is 0. The van der Waals surface area contributed by atoms with Gasteiger partial charge in [0.2, 0.25) is 5.91 Å². The molecule has 7 heteroatoms. The lowest BCUT2D eigenvalue weighted by Crippen LogP contribution is -2.44. The highest BCUT2D eigenvalue weighted by Gasteiger charge is 2.22. The molecule has 2 N–H and O–H groups in total. The summed E-state index contributed by atoms with van der Waals surface area (Å²) in [6.07, 6.45) is 0.519. The lowest BCUT2D eigenvalue weighted by atomic mass is 10.0. The van der Waals surface area contributed by atoms with E-state index in [0.29, 0.717) is 6.42 Å². The first-order valence-electron chi connectivity index (χ1n) is 5.19. The van der Waals surface area contributed by atoms with E-state index < -0.39 is 16.0 Å². The number of amides is 1. The van der Waals surface area contributed by atoms with Crippen molar-refractivity contribution in [3.8, 4) is 0 Å². The van der Waals surface area contributed by atoms with Crippen LogP contribution in [0.15, 0.2) is 0 Å². The van der Waals surface area contributed by atoms with Gasteiger partial charge in [-0.1, -0.05) is 13.8 Å². The van der Waals surface area contributed by atoms with Gasteiger partial charge in [-0.25, -0.2) is 9.59 Å². The zero-order chi connectivity index (χ0) is 13.4. The van der Waals surface area contributed by atoms with Gasteiger partial charge >= 0.3 is 9.95 Å². The van der Waals surface area contributed by atoms with Gasteiger partial charge in [0.25, 0.3) is 0 Å². The third-order valence-corrected chi connectivity index (χ3v) is 2.32. The molecule has 0 saturated heterocycles. The molecule has 98 valence electrons. The molecule has 1 unspecified atom stereocenters. The quantitative estimate of drug-likeness (QED) is 0.410. The number of hydrogen-bond acceptors (Lipinski definition) is 4. The van der Waals surface area contributed by atoms with Crippen LogP contribution in [0.4, 0.5) is 4.79 Å². The number of carboxylic acids is 1. The van der Waals surface area contributed by atoms with Crippen molar-refractivity contribution in [2.24, 2.45) is 5.92 Å². The molecule has 1 amide bonds. The maximum atomic E-state index is 11.4. The van der Waals surface area contributed by atoms with Gasteiger partial charge in [-0.15, -0.1) is 0 Å². The number of nitrogens with one attached hydrogen (secondary N) is 1. The molecular formula is C10H16INO5. The van der Waals surface area contributed by atoms with E-state index in [1.165, 1.54) is 22.6 Å². The Morgan fingerprint density at radius 1 is 1.35 bits per heavy atom. The molecule has 0 aliphatic rings. The van der Waals surface area contributed by atoms with Gasteiger partial charge in [0.05, 0.1) is 29.2 Å². The van der Waals surface area contributed by atoms with Crippen molar-refractivity contribution in [2.45, 2.75) is 32.7 Å². The topological polar surface area (TPSA) is 92.7 Å². The number of hydrogen-bond donors (Lipinski definition) is 2. The molecule has 0 aromatic carbocycles. The van der Waals surface area contributed by atoms with Gasteiger partial charge in [-0.05, 0) is 12.3 Å². The van der Waals surface area contributed by atoms with Crippen LogP contribution in [0.3, 0.4) is 0 Å². The second-order valence-electron chi connectivity index (χ2n) is 3.82. The Bertz CT molecular complexity index is 292. The molecule has 0 saturated carbocycles. The fourth-order valence-corrected chi connectivity index (χ4v) is 1.36. The van der Waals surface area contributed by atoms with E-state index >= 15 is 0 Å². The Balaban J connectivity index is 3.91. The van der Waals surface area contributed by atoms with E-state index in [1.807, 2.05) is 0 Å². The van der Waals surface area contributed by atoms with Crippen LogP contribution in [-0.4, -0.2) is 33.6 Å². The Labute approximate surface area is 113 Å². The third-order valence-electron chi connectivity index (χ3n) is 2.01. The number of aliphatic carboxylic acids is 1. The molecule has 0 aromatic heterocycles. The summed E-state index contributed by atoms with van der Waals surface area (Å²) in [7, 11) is 0. The number of ether oxygens (including phenoxy) is 1. The molecule has 6 nitrogen and oxygen atoms in total. The van der Waals surface area contributed by atoms with Crippen LogP contribution in [0, 0.1) is 5.92 Å².